The van der Waals surface area contributed by atoms with Gasteiger partial charge in [0.05, 0.1) is 7.14 Å². The summed E-state index contributed by atoms with van der Waals surface area (Å²) < 4.78 is 3.97. The summed E-state index contributed by atoms with van der Waals surface area (Å²) in [5, 5.41) is 0. The minimum Gasteiger partial charge on any atom is -0.0619 e. The summed E-state index contributed by atoms with van der Waals surface area (Å²) in [6, 6.07) is 26.2. The van der Waals surface area contributed by atoms with Gasteiger partial charge in [0, 0.05) is 3.57 Å². The number of halogens is 3. The zero-order valence-corrected chi connectivity index (χ0v) is 18.8. The number of hydrogen-bond acceptors (Lipinski definition) is 0. The molecule has 3 aromatic carbocycles. The highest BCUT2D eigenvalue weighted by molar-refractivity contribution is 14.1. The fourth-order valence-electron chi connectivity index (χ4n) is 2.21. The summed E-state index contributed by atoms with van der Waals surface area (Å²) in [6.45, 7) is 0. The molecule has 0 aliphatic carbocycles. The van der Waals surface area contributed by atoms with Crippen LogP contribution in [0.1, 0.15) is 0 Å². The molecule has 0 saturated carbocycles. The predicted octanol–water partition coefficient (Wildman–Crippen LogP) is 6.60. The van der Waals surface area contributed by atoms with Crippen LogP contribution < -0.4 is 0 Å². The Morgan fingerprint density at radius 3 is 1.41 bits per heavy atom. The van der Waals surface area contributed by atoms with E-state index in [1.165, 1.54) is 25.4 Å². The first-order valence-corrected chi connectivity index (χ1v) is 11.1. The zero-order chi connectivity index (χ0) is 15.5. The van der Waals surface area contributed by atoms with E-state index in [0.717, 1.165) is 0 Å². The highest BCUT2D eigenvalue weighted by Gasteiger charge is 2.33. The molecular weight excluding hydrogens is 629 g/mol. The van der Waals surface area contributed by atoms with E-state index < -0.39 is 0 Å². The molecule has 0 bridgehead atoms. The lowest BCUT2D eigenvalue weighted by Gasteiger charge is -2.11. The Balaban J connectivity index is 2.24. The lowest BCUT2D eigenvalue weighted by Crippen LogP contribution is -2.09. The van der Waals surface area contributed by atoms with E-state index in [4.69, 9.17) is 0 Å². The molecule has 4 heteroatoms. The Morgan fingerprint density at radius 1 is 0.591 bits per heavy atom. The zero-order valence-electron chi connectivity index (χ0n) is 11.5. The van der Waals surface area contributed by atoms with Crippen molar-refractivity contribution in [1.29, 1.82) is 0 Å². The number of hydrogen-bond donors (Lipinski definition) is 0. The molecule has 0 aliphatic heterocycles. The first-order chi connectivity index (χ1) is 10.7. The standard InChI is InChI=1S/C18H12I3S/c19-13-11-16(20)18(17(21)12-13)22(14-7-3-1-4-8-14)15-9-5-2-6-10-15/h1-12H/q+1. The van der Waals surface area contributed by atoms with Crippen molar-refractivity contribution in [3.8, 4) is 0 Å². The van der Waals surface area contributed by atoms with E-state index >= 15 is 0 Å². The van der Waals surface area contributed by atoms with Gasteiger partial charge in [0.1, 0.15) is 10.9 Å². The van der Waals surface area contributed by atoms with E-state index in [-0.39, 0.29) is 10.9 Å². The monoisotopic (exact) mass is 641 g/mol. The van der Waals surface area contributed by atoms with Crippen molar-refractivity contribution in [1.82, 2.24) is 0 Å². The van der Waals surface area contributed by atoms with E-state index in [1.54, 1.807) is 0 Å². The Morgan fingerprint density at radius 2 is 1.00 bits per heavy atom. The van der Waals surface area contributed by atoms with E-state index in [2.05, 4.69) is 141 Å². The summed E-state index contributed by atoms with van der Waals surface area (Å²) in [4.78, 5) is 4.16. The van der Waals surface area contributed by atoms with Gasteiger partial charge in [-0.2, -0.15) is 0 Å². The first kappa shape index (κ1) is 17.0. The maximum Gasteiger partial charge on any atom is 0.193 e. The minimum absolute atomic E-state index is 0.0644. The summed E-state index contributed by atoms with van der Waals surface area (Å²) in [5.74, 6) is 0. The van der Waals surface area contributed by atoms with Crippen LogP contribution >= 0.6 is 67.8 Å². The Bertz CT molecular complexity index is 710. The van der Waals surface area contributed by atoms with Crippen molar-refractivity contribution in [2.75, 3.05) is 0 Å². The van der Waals surface area contributed by atoms with Crippen LogP contribution in [0.4, 0.5) is 0 Å². The smallest absolute Gasteiger partial charge is 0.0619 e. The Hall–Kier alpha value is 0.200. The average Bonchev–Trinajstić information content (AvgIpc) is 2.52. The summed E-state index contributed by atoms with van der Waals surface area (Å²) in [5.41, 5.74) is 0. The van der Waals surface area contributed by atoms with Gasteiger partial charge in [0.25, 0.3) is 0 Å². The normalized spacial score (nSPS) is 10.9. The Kier molecular flexibility index (Phi) is 6.08. The molecule has 3 rings (SSSR count). The lowest BCUT2D eigenvalue weighted by atomic mass is 10.4. The maximum atomic E-state index is 2.48. The van der Waals surface area contributed by atoms with Crippen molar-refractivity contribution in [2.45, 2.75) is 14.7 Å². The van der Waals surface area contributed by atoms with Crippen LogP contribution in [0.3, 0.4) is 0 Å². The van der Waals surface area contributed by atoms with Crippen molar-refractivity contribution < 1.29 is 0 Å². The number of rotatable bonds is 3. The molecular formula is C18H12I3S+. The molecule has 0 aromatic heterocycles. The fraction of sp³-hybridized carbons (Fsp3) is 0. The van der Waals surface area contributed by atoms with Crippen LogP contribution in [-0.4, -0.2) is 0 Å². The van der Waals surface area contributed by atoms with E-state index in [0.29, 0.717) is 0 Å². The van der Waals surface area contributed by atoms with E-state index in [1.807, 2.05) is 0 Å². The fourth-order valence-corrected chi connectivity index (χ4v) is 9.22. The first-order valence-electron chi connectivity index (χ1n) is 6.66. The molecule has 0 amide bonds. The van der Waals surface area contributed by atoms with Gasteiger partial charge in [-0.1, -0.05) is 36.4 Å². The molecule has 110 valence electrons. The van der Waals surface area contributed by atoms with Gasteiger partial charge >= 0.3 is 0 Å². The molecule has 0 radical (unpaired) electrons. The van der Waals surface area contributed by atoms with E-state index in [9.17, 15) is 0 Å². The average molecular weight is 641 g/mol. The second-order valence-corrected chi connectivity index (χ2v) is 10.2. The highest BCUT2D eigenvalue weighted by Crippen LogP contribution is 2.37. The van der Waals surface area contributed by atoms with Crippen LogP contribution in [0.2, 0.25) is 0 Å². The van der Waals surface area contributed by atoms with Crippen LogP contribution in [0.5, 0.6) is 0 Å². The molecule has 3 aromatic rings. The molecule has 0 aliphatic rings. The van der Waals surface area contributed by atoms with Crippen molar-refractivity contribution in [3.05, 3.63) is 83.5 Å². The van der Waals surface area contributed by atoms with Gasteiger partial charge < -0.3 is 0 Å². The largest absolute Gasteiger partial charge is 0.193 e. The summed E-state index contributed by atoms with van der Waals surface area (Å²) in [7, 11) is -0.0644. The summed E-state index contributed by atoms with van der Waals surface area (Å²) in [6.07, 6.45) is 0. The molecule has 0 atom stereocenters. The number of benzene rings is 3. The highest BCUT2D eigenvalue weighted by atomic mass is 127. The predicted molar refractivity (Wildman–Crippen MR) is 120 cm³/mol. The van der Waals surface area contributed by atoms with Gasteiger partial charge in [0.2, 0.25) is 0 Å². The molecule has 0 unspecified atom stereocenters. The van der Waals surface area contributed by atoms with Crippen molar-refractivity contribution in [3.63, 3.8) is 0 Å². The quantitative estimate of drug-likeness (QED) is 0.224. The summed E-state index contributed by atoms with van der Waals surface area (Å²) >= 11 is 7.35. The van der Waals surface area contributed by atoms with Crippen LogP contribution in [0.15, 0.2) is 87.5 Å². The van der Waals surface area contributed by atoms with Crippen molar-refractivity contribution in [2.24, 2.45) is 0 Å². The van der Waals surface area contributed by atoms with Gasteiger partial charge in [-0.05, 0) is 104 Å². The molecule has 0 heterocycles. The van der Waals surface area contributed by atoms with Crippen LogP contribution in [0, 0.1) is 10.7 Å². The maximum absolute atomic E-state index is 2.48. The minimum atomic E-state index is -0.0644. The van der Waals surface area contributed by atoms with Gasteiger partial charge in [-0.25, -0.2) is 0 Å². The SMILES string of the molecule is Ic1cc(I)c([S+](c2ccccc2)c2ccccc2)c(I)c1. The molecule has 0 saturated heterocycles. The molecule has 0 spiro atoms. The van der Waals surface area contributed by atoms with Crippen LogP contribution in [-0.2, 0) is 10.9 Å². The second-order valence-electron chi connectivity index (χ2n) is 4.63. The Labute approximate surface area is 174 Å². The van der Waals surface area contributed by atoms with Gasteiger partial charge in [0.15, 0.2) is 14.7 Å². The third-order valence-electron chi connectivity index (χ3n) is 3.12. The van der Waals surface area contributed by atoms with Crippen LogP contribution in [0.25, 0.3) is 0 Å². The topological polar surface area (TPSA) is 0 Å². The second kappa shape index (κ2) is 7.85. The lowest BCUT2D eigenvalue weighted by molar-refractivity contribution is 1.26. The third-order valence-corrected chi connectivity index (χ3v) is 8.52. The van der Waals surface area contributed by atoms with Crippen molar-refractivity contribution >= 4 is 78.7 Å². The molecule has 22 heavy (non-hydrogen) atoms. The van der Waals surface area contributed by atoms with Gasteiger partial charge in [-0.15, -0.1) is 0 Å². The third kappa shape index (κ3) is 3.81. The molecule has 0 fully saturated rings. The molecule has 0 N–H and O–H groups in total. The molecule has 0 nitrogen and oxygen atoms in total. The van der Waals surface area contributed by atoms with Gasteiger partial charge in [-0.3, -0.25) is 0 Å².